The molecule has 0 spiro atoms. The highest BCUT2D eigenvalue weighted by atomic mass is 19.4. The van der Waals surface area contributed by atoms with Crippen molar-refractivity contribution in [3.63, 3.8) is 0 Å². The third-order valence-corrected chi connectivity index (χ3v) is 3.72. The van der Waals surface area contributed by atoms with Crippen LogP contribution in [0.2, 0.25) is 0 Å². The second-order valence-corrected chi connectivity index (χ2v) is 5.34. The largest absolute Gasteiger partial charge is 0.494 e. The lowest BCUT2D eigenvalue weighted by atomic mass is 10.1. The first-order valence-corrected chi connectivity index (χ1v) is 6.75. The van der Waals surface area contributed by atoms with Gasteiger partial charge in [0, 0.05) is 38.3 Å². The maximum absolute atomic E-state index is 12.9. The zero-order chi connectivity index (χ0) is 15.6. The Kier molecular flexibility index (Phi) is 4.63. The highest BCUT2D eigenvalue weighted by Crippen LogP contribution is 2.37. The molecule has 1 aliphatic rings. The molecule has 1 heterocycles. The van der Waals surface area contributed by atoms with Gasteiger partial charge >= 0.3 is 6.18 Å². The summed E-state index contributed by atoms with van der Waals surface area (Å²) in [6.45, 7) is 3.84. The minimum absolute atomic E-state index is 0.0245. The molecule has 0 unspecified atom stereocenters. The summed E-state index contributed by atoms with van der Waals surface area (Å²) >= 11 is 0. The summed E-state index contributed by atoms with van der Waals surface area (Å²) in [6.07, 6.45) is -4.41. The first-order valence-electron chi connectivity index (χ1n) is 6.75. The smallest absolute Gasteiger partial charge is 0.416 e. The van der Waals surface area contributed by atoms with Gasteiger partial charge in [0.05, 0.1) is 18.4 Å². The number of benzene rings is 1. The van der Waals surface area contributed by atoms with Gasteiger partial charge in [0.2, 0.25) is 0 Å². The number of likely N-dealkylation sites (N-methyl/N-ethyl adjacent to an activating group) is 1. The number of ether oxygens (including phenoxy) is 1. The first kappa shape index (κ1) is 15.9. The standard InChI is InChI=1S/C14H20F3N3O/c1-19-3-5-20(6-4-19)9-10-7-11(14(15,16)17)8-12(18)13(10)21-2/h7-8H,3-6,9,18H2,1-2H3. The number of nitrogens with two attached hydrogens (primary N) is 1. The lowest BCUT2D eigenvalue weighted by molar-refractivity contribution is -0.137. The molecule has 1 fully saturated rings. The number of hydrogen-bond donors (Lipinski definition) is 1. The summed E-state index contributed by atoms with van der Waals surface area (Å²) in [4.78, 5) is 4.30. The maximum Gasteiger partial charge on any atom is 0.416 e. The molecule has 0 bridgehead atoms. The van der Waals surface area contributed by atoms with Crippen LogP contribution in [0, 0.1) is 0 Å². The number of piperazine rings is 1. The van der Waals surface area contributed by atoms with Crippen LogP contribution in [0.1, 0.15) is 11.1 Å². The normalized spacial score (nSPS) is 18.0. The Morgan fingerprint density at radius 2 is 1.81 bits per heavy atom. The molecule has 0 aliphatic carbocycles. The third-order valence-electron chi connectivity index (χ3n) is 3.72. The molecule has 0 atom stereocenters. The van der Waals surface area contributed by atoms with Crippen LogP contribution in [0.3, 0.4) is 0 Å². The fraction of sp³-hybridized carbons (Fsp3) is 0.571. The number of halogens is 3. The van der Waals surface area contributed by atoms with Gasteiger partial charge in [-0.3, -0.25) is 4.90 Å². The van der Waals surface area contributed by atoms with Crippen LogP contribution < -0.4 is 10.5 Å². The van der Waals surface area contributed by atoms with Crippen molar-refractivity contribution >= 4 is 5.69 Å². The summed E-state index contributed by atoms with van der Waals surface area (Å²) in [6, 6.07) is 2.06. The number of nitrogens with zero attached hydrogens (tertiary/aromatic N) is 2. The van der Waals surface area contributed by atoms with Gasteiger partial charge in [-0.2, -0.15) is 13.2 Å². The van der Waals surface area contributed by atoms with Crippen LogP contribution >= 0.6 is 0 Å². The van der Waals surface area contributed by atoms with E-state index >= 15 is 0 Å². The number of methoxy groups -OCH3 is 1. The molecule has 7 heteroatoms. The van der Waals surface area contributed by atoms with Crippen LogP contribution in [-0.4, -0.2) is 50.1 Å². The molecular formula is C14H20F3N3O. The van der Waals surface area contributed by atoms with E-state index in [-0.39, 0.29) is 5.69 Å². The van der Waals surface area contributed by atoms with Gasteiger partial charge in [-0.25, -0.2) is 0 Å². The van der Waals surface area contributed by atoms with E-state index in [0.717, 1.165) is 38.3 Å². The molecule has 0 aromatic heterocycles. The third kappa shape index (κ3) is 3.79. The molecule has 1 aliphatic heterocycles. The molecule has 4 nitrogen and oxygen atoms in total. The zero-order valence-electron chi connectivity index (χ0n) is 12.2. The van der Waals surface area contributed by atoms with Crippen molar-refractivity contribution in [1.82, 2.24) is 9.80 Å². The van der Waals surface area contributed by atoms with Gasteiger partial charge < -0.3 is 15.4 Å². The summed E-state index contributed by atoms with van der Waals surface area (Å²) < 4.78 is 43.9. The van der Waals surface area contributed by atoms with Crippen molar-refractivity contribution in [2.24, 2.45) is 0 Å². The van der Waals surface area contributed by atoms with E-state index < -0.39 is 11.7 Å². The topological polar surface area (TPSA) is 41.7 Å². The van der Waals surface area contributed by atoms with Crippen molar-refractivity contribution in [3.05, 3.63) is 23.3 Å². The van der Waals surface area contributed by atoms with Gasteiger partial charge in [0.1, 0.15) is 5.75 Å². The molecule has 0 saturated carbocycles. The molecule has 2 N–H and O–H groups in total. The van der Waals surface area contributed by atoms with Crippen LogP contribution in [0.15, 0.2) is 12.1 Å². The van der Waals surface area contributed by atoms with E-state index in [2.05, 4.69) is 9.80 Å². The number of alkyl halides is 3. The fourth-order valence-electron chi connectivity index (χ4n) is 2.49. The second kappa shape index (κ2) is 6.11. The van der Waals surface area contributed by atoms with Gasteiger partial charge in [-0.15, -0.1) is 0 Å². The molecule has 1 aromatic rings. The van der Waals surface area contributed by atoms with E-state index in [1.54, 1.807) is 0 Å². The Morgan fingerprint density at radius 1 is 1.19 bits per heavy atom. The quantitative estimate of drug-likeness (QED) is 0.868. The van der Waals surface area contributed by atoms with Crippen molar-refractivity contribution in [1.29, 1.82) is 0 Å². The highest BCUT2D eigenvalue weighted by Gasteiger charge is 2.32. The van der Waals surface area contributed by atoms with E-state index in [9.17, 15) is 13.2 Å². The monoisotopic (exact) mass is 303 g/mol. The van der Waals surface area contributed by atoms with E-state index in [1.807, 2.05) is 7.05 Å². The summed E-state index contributed by atoms with van der Waals surface area (Å²) in [7, 11) is 3.45. The lowest BCUT2D eigenvalue weighted by Gasteiger charge is -2.32. The Bertz CT molecular complexity index is 497. The Balaban J connectivity index is 2.26. The SMILES string of the molecule is COc1c(N)cc(C(F)(F)F)cc1CN1CCN(C)CC1. The van der Waals surface area contributed by atoms with E-state index in [0.29, 0.717) is 17.9 Å². The fourth-order valence-corrected chi connectivity index (χ4v) is 2.49. The zero-order valence-corrected chi connectivity index (χ0v) is 12.2. The molecule has 2 rings (SSSR count). The number of anilines is 1. The Labute approximate surface area is 122 Å². The summed E-state index contributed by atoms with van der Waals surface area (Å²) in [5, 5.41) is 0. The maximum atomic E-state index is 12.9. The number of rotatable bonds is 3. The molecular weight excluding hydrogens is 283 g/mol. The van der Waals surface area contributed by atoms with Gasteiger partial charge in [0.15, 0.2) is 0 Å². The van der Waals surface area contributed by atoms with Crippen molar-refractivity contribution in [3.8, 4) is 5.75 Å². The predicted molar refractivity (Wildman–Crippen MR) is 75.2 cm³/mol. The lowest BCUT2D eigenvalue weighted by Crippen LogP contribution is -2.43. The van der Waals surface area contributed by atoms with E-state index in [4.69, 9.17) is 10.5 Å². The van der Waals surface area contributed by atoms with Gasteiger partial charge in [-0.1, -0.05) is 0 Å². The molecule has 1 saturated heterocycles. The van der Waals surface area contributed by atoms with Crippen LogP contribution in [0.25, 0.3) is 0 Å². The minimum atomic E-state index is -4.41. The van der Waals surface area contributed by atoms with Gasteiger partial charge in [-0.05, 0) is 19.2 Å². The molecule has 0 radical (unpaired) electrons. The number of nitrogen functional groups attached to an aromatic ring is 1. The highest BCUT2D eigenvalue weighted by molar-refractivity contribution is 5.59. The molecule has 21 heavy (non-hydrogen) atoms. The Morgan fingerprint density at radius 3 is 2.33 bits per heavy atom. The molecule has 1 aromatic carbocycles. The summed E-state index contributed by atoms with van der Waals surface area (Å²) in [5.74, 6) is 0.335. The van der Waals surface area contributed by atoms with Gasteiger partial charge in [0.25, 0.3) is 0 Å². The first-order chi connectivity index (χ1) is 9.81. The van der Waals surface area contributed by atoms with Crippen LogP contribution in [0.5, 0.6) is 5.75 Å². The van der Waals surface area contributed by atoms with Crippen LogP contribution in [0.4, 0.5) is 18.9 Å². The molecule has 118 valence electrons. The van der Waals surface area contributed by atoms with Crippen LogP contribution in [-0.2, 0) is 12.7 Å². The Hall–Kier alpha value is -1.47. The average molecular weight is 303 g/mol. The number of hydrogen-bond acceptors (Lipinski definition) is 4. The minimum Gasteiger partial charge on any atom is -0.494 e. The van der Waals surface area contributed by atoms with Crippen molar-refractivity contribution in [2.45, 2.75) is 12.7 Å². The summed E-state index contributed by atoms with van der Waals surface area (Å²) in [5.41, 5.74) is 5.48. The van der Waals surface area contributed by atoms with E-state index in [1.165, 1.54) is 7.11 Å². The molecule has 0 amide bonds. The van der Waals surface area contributed by atoms with Crippen molar-refractivity contribution < 1.29 is 17.9 Å². The second-order valence-electron chi connectivity index (χ2n) is 5.34. The predicted octanol–water partition coefficient (Wildman–Crippen LogP) is 2.04. The average Bonchev–Trinajstić information content (AvgIpc) is 2.40. The van der Waals surface area contributed by atoms with Crippen molar-refractivity contribution in [2.75, 3.05) is 46.1 Å².